The Morgan fingerprint density at radius 2 is 1.59 bits per heavy atom. The largest absolute Gasteiger partial charge is 0.371 e. The maximum Gasteiger partial charge on any atom is 0.258 e. The van der Waals surface area contributed by atoms with E-state index < -0.39 is 11.7 Å². The molecule has 3 aromatic carbocycles. The molecule has 176 valence electrons. The molecule has 0 bridgehead atoms. The average Bonchev–Trinajstić information content (AvgIpc) is 2.85. The summed E-state index contributed by atoms with van der Waals surface area (Å²) >= 11 is 0. The minimum atomic E-state index is -0.589. The highest BCUT2D eigenvalue weighted by Gasteiger charge is 2.23. The van der Waals surface area contributed by atoms with Gasteiger partial charge in [-0.05, 0) is 61.6 Å². The van der Waals surface area contributed by atoms with Gasteiger partial charge in [0.05, 0.1) is 17.2 Å². The van der Waals surface area contributed by atoms with Gasteiger partial charge in [-0.1, -0.05) is 49.4 Å². The molecule has 4 rings (SSSR count). The lowest BCUT2D eigenvalue weighted by Gasteiger charge is -2.33. The number of nitrogens with one attached hydrogen (secondary N) is 2. The van der Waals surface area contributed by atoms with Crippen molar-refractivity contribution in [1.29, 1.82) is 0 Å². The first-order valence-corrected chi connectivity index (χ1v) is 11.7. The SMILES string of the molecule is CC1CCN(c2ccc(NC(=O)c3ccccc3F)cc2C(=O)NC(C)c2ccccc2)CC1. The molecule has 5 nitrogen and oxygen atoms in total. The maximum atomic E-state index is 14.1. The molecular formula is C28H30FN3O2. The highest BCUT2D eigenvalue weighted by Crippen LogP contribution is 2.29. The van der Waals surface area contributed by atoms with Gasteiger partial charge in [-0.15, -0.1) is 0 Å². The van der Waals surface area contributed by atoms with Crippen molar-refractivity contribution in [3.8, 4) is 0 Å². The fraction of sp³-hybridized carbons (Fsp3) is 0.286. The number of anilines is 2. The topological polar surface area (TPSA) is 61.4 Å². The molecule has 0 aliphatic carbocycles. The van der Waals surface area contributed by atoms with Crippen LogP contribution in [0.4, 0.5) is 15.8 Å². The molecule has 1 fully saturated rings. The maximum absolute atomic E-state index is 14.1. The number of amides is 2. The highest BCUT2D eigenvalue weighted by molar-refractivity contribution is 6.06. The summed E-state index contributed by atoms with van der Waals surface area (Å²) in [5.41, 5.74) is 2.74. The van der Waals surface area contributed by atoms with Gasteiger partial charge in [0, 0.05) is 24.5 Å². The Morgan fingerprint density at radius 1 is 0.912 bits per heavy atom. The molecule has 1 aliphatic heterocycles. The van der Waals surface area contributed by atoms with E-state index in [1.54, 1.807) is 18.2 Å². The number of hydrogen-bond donors (Lipinski definition) is 2. The summed E-state index contributed by atoms with van der Waals surface area (Å²) in [6.07, 6.45) is 2.13. The standard InChI is InChI=1S/C28H30FN3O2/c1-19-14-16-32(17-15-19)26-13-12-22(31-27(33)23-10-6-7-11-25(23)29)18-24(26)28(34)30-20(2)21-8-4-3-5-9-21/h3-13,18-20H,14-17H2,1-2H3,(H,30,34)(H,31,33). The van der Waals surface area contributed by atoms with Crippen LogP contribution in [0.2, 0.25) is 0 Å². The fourth-order valence-electron chi connectivity index (χ4n) is 4.26. The van der Waals surface area contributed by atoms with Crippen molar-refractivity contribution in [2.24, 2.45) is 5.92 Å². The molecule has 1 saturated heterocycles. The lowest BCUT2D eigenvalue weighted by molar-refractivity contribution is 0.0939. The molecule has 0 radical (unpaired) electrons. The minimum Gasteiger partial charge on any atom is -0.371 e. The number of carbonyl (C=O) groups is 2. The number of carbonyl (C=O) groups excluding carboxylic acids is 2. The fourth-order valence-corrected chi connectivity index (χ4v) is 4.26. The lowest BCUT2D eigenvalue weighted by atomic mass is 9.97. The second-order valence-electron chi connectivity index (χ2n) is 8.94. The molecule has 0 aromatic heterocycles. The molecule has 34 heavy (non-hydrogen) atoms. The summed E-state index contributed by atoms with van der Waals surface area (Å²) in [5, 5.41) is 5.82. The Labute approximate surface area is 200 Å². The average molecular weight is 460 g/mol. The number of benzene rings is 3. The predicted octanol–water partition coefficient (Wildman–Crippen LogP) is 5.81. The highest BCUT2D eigenvalue weighted by atomic mass is 19.1. The van der Waals surface area contributed by atoms with E-state index in [0.29, 0.717) is 17.2 Å². The summed E-state index contributed by atoms with van der Waals surface area (Å²) in [5.74, 6) is -0.701. The molecule has 1 atom stereocenters. The minimum absolute atomic E-state index is 0.0414. The van der Waals surface area contributed by atoms with Crippen LogP contribution in [0.5, 0.6) is 0 Å². The van der Waals surface area contributed by atoms with Gasteiger partial charge in [-0.2, -0.15) is 0 Å². The van der Waals surface area contributed by atoms with Crippen molar-refractivity contribution >= 4 is 23.2 Å². The molecule has 2 amide bonds. The molecule has 0 spiro atoms. The summed E-state index contributed by atoms with van der Waals surface area (Å²) in [6, 6.07) is 20.7. The van der Waals surface area contributed by atoms with Crippen molar-refractivity contribution in [2.75, 3.05) is 23.3 Å². The molecule has 2 N–H and O–H groups in total. The first-order valence-electron chi connectivity index (χ1n) is 11.7. The van der Waals surface area contributed by atoms with E-state index >= 15 is 0 Å². The van der Waals surface area contributed by atoms with Crippen LogP contribution < -0.4 is 15.5 Å². The Morgan fingerprint density at radius 3 is 2.29 bits per heavy atom. The van der Waals surface area contributed by atoms with Crippen LogP contribution in [-0.2, 0) is 0 Å². The van der Waals surface area contributed by atoms with Crippen LogP contribution in [0.15, 0.2) is 72.8 Å². The van der Waals surface area contributed by atoms with Gasteiger partial charge in [0.25, 0.3) is 11.8 Å². The van der Waals surface area contributed by atoms with Gasteiger partial charge >= 0.3 is 0 Å². The molecule has 1 heterocycles. The van der Waals surface area contributed by atoms with Crippen molar-refractivity contribution in [2.45, 2.75) is 32.7 Å². The number of rotatable bonds is 6. The van der Waals surface area contributed by atoms with Gasteiger partial charge in [0.15, 0.2) is 0 Å². The van der Waals surface area contributed by atoms with Gasteiger partial charge < -0.3 is 15.5 Å². The lowest BCUT2D eigenvalue weighted by Crippen LogP contribution is -2.35. The Bertz CT molecular complexity index is 1160. The van der Waals surface area contributed by atoms with E-state index in [1.807, 2.05) is 43.3 Å². The van der Waals surface area contributed by atoms with E-state index in [0.717, 1.165) is 37.2 Å². The Hall–Kier alpha value is -3.67. The molecule has 1 aliphatic rings. The van der Waals surface area contributed by atoms with Crippen LogP contribution in [-0.4, -0.2) is 24.9 Å². The van der Waals surface area contributed by atoms with Gasteiger partial charge in [0.2, 0.25) is 0 Å². The zero-order valence-corrected chi connectivity index (χ0v) is 19.6. The van der Waals surface area contributed by atoms with E-state index in [2.05, 4.69) is 22.5 Å². The smallest absolute Gasteiger partial charge is 0.258 e. The van der Waals surface area contributed by atoms with Crippen LogP contribution in [0.3, 0.4) is 0 Å². The number of nitrogens with zero attached hydrogens (tertiary/aromatic N) is 1. The Balaban J connectivity index is 1.61. The summed E-state index contributed by atoms with van der Waals surface area (Å²) in [6.45, 7) is 5.93. The van der Waals surface area contributed by atoms with Crippen LogP contribution in [0, 0.1) is 11.7 Å². The van der Waals surface area contributed by atoms with E-state index in [-0.39, 0.29) is 17.5 Å². The van der Waals surface area contributed by atoms with Crippen molar-refractivity contribution in [3.63, 3.8) is 0 Å². The van der Waals surface area contributed by atoms with E-state index in [9.17, 15) is 14.0 Å². The first-order chi connectivity index (χ1) is 16.4. The zero-order valence-electron chi connectivity index (χ0n) is 19.6. The van der Waals surface area contributed by atoms with Crippen LogP contribution in [0.25, 0.3) is 0 Å². The molecule has 0 saturated carbocycles. The molecule has 1 unspecified atom stereocenters. The summed E-state index contributed by atoms with van der Waals surface area (Å²) in [4.78, 5) is 28.3. The number of halogens is 1. The van der Waals surface area contributed by atoms with Crippen molar-refractivity contribution < 1.29 is 14.0 Å². The summed E-state index contributed by atoms with van der Waals surface area (Å²) in [7, 11) is 0. The third-order valence-corrected chi connectivity index (χ3v) is 6.39. The van der Waals surface area contributed by atoms with Gasteiger partial charge in [-0.25, -0.2) is 4.39 Å². The van der Waals surface area contributed by atoms with Crippen molar-refractivity contribution in [3.05, 3.63) is 95.3 Å². The Kier molecular flexibility index (Phi) is 7.26. The van der Waals surface area contributed by atoms with Crippen molar-refractivity contribution in [1.82, 2.24) is 5.32 Å². The number of piperidine rings is 1. The second-order valence-corrected chi connectivity index (χ2v) is 8.94. The third kappa shape index (κ3) is 5.45. The second kappa shape index (κ2) is 10.5. The van der Waals surface area contributed by atoms with Gasteiger partial charge in [-0.3, -0.25) is 9.59 Å². The third-order valence-electron chi connectivity index (χ3n) is 6.39. The van der Waals surface area contributed by atoms with Gasteiger partial charge in [0.1, 0.15) is 5.82 Å². The molecular weight excluding hydrogens is 429 g/mol. The zero-order chi connectivity index (χ0) is 24.1. The first kappa shape index (κ1) is 23.5. The quantitative estimate of drug-likeness (QED) is 0.489. The van der Waals surface area contributed by atoms with E-state index in [1.165, 1.54) is 18.2 Å². The monoisotopic (exact) mass is 459 g/mol. The summed E-state index contributed by atoms with van der Waals surface area (Å²) < 4.78 is 14.1. The van der Waals surface area contributed by atoms with E-state index in [4.69, 9.17) is 0 Å². The van der Waals surface area contributed by atoms with Crippen LogP contribution in [0.1, 0.15) is 59.0 Å². The predicted molar refractivity (Wildman–Crippen MR) is 134 cm³/mol. The number of hydrogen-bond acceptors (Lipinski definition) is 3. The molecule has 6 heteroatoms. The molecule has 3 aromatic rings. The normalized spacial score (nSPS) is 15.0. The van der Waals surface area contributed by atoms with Crippen LogP contribution >= 0.6 is 0 Å².